The topological polar surface area (TPSA) is 59.0 Å². The molecule has 0 aromatic heterocycles. The van der Waals surface area contributed by atoms with E-state index in [4.69, 9.17) is 14.6 Å². The molecule has 156 valence electrons. The SMILES string of the molecule is CN(CC(=O)O)C1COc2cc(-c3ccc(OCC4=CCCC=C4)cc3)ccc2C1. The molecular formula is C25H27NO4. The number of rotatable bonds is 7. The molecular weight excluding hydrogens is 378 g/mol. The minimum Gasteiger partial charge on any atom is -0.492 e. The Morgan fingerprint density at radius 2 is 1.97 bits per heavy atom. The smallest absolute Gasteiger partial charge is 0.317 e. The molecule has 5 heteroatoms. The number of allylic oxidation sites excluding steroid dienone is 2. The molecule has 0 amide bonds. The molecule has 0 bridgehead atoms. The van der Waals surface area contributed by atoms with Crippen LogP contribution in [0.15, 0.2) is 66.3 Å². The molecule has 1 N–H and O–H groups in total. The molecule has 30 heavy (non-hydrogen) atoms. The van der Waals surface area contributed by atoms with Gasteiger partial charge in [0.1, 0.15) is 24.7 Å². The Kier molecular flexibility index (Phi) is 6.19. The van der Waals surface area contributed by atoms with Gasteiger partial charge in [0.05, 0.1) is 6.54 Å². The van der Waals surface area contributed by atoms with E-state index in [1.807, 2.05) is 24.1 Å². The summed E-state index contributed by atoms with van der Waals surface area (Å²) < 4.78 is 11.9. The maximum absolute atomic E-state index is 10.9. The molecule has 1 heterocycles. The molecule has 0 fully saturated rings. The summed E-state index contributed by atoms with van der Waals surface area (Å²) in [6, 6.07) is 14.4. The van der Waals surface area contributed by atoms with Crippen LogP contribution in [-0.4, -0.2) is 48.8 Å². The zero-order chi connectivity index (χ0) is 20.9. The Morgan fingerprint density at radius 3 is 2.70 bits per heavy atom. The lowest BCUT2D eigenvalue weighted by atomic mass is 9.97. The van der Waals surface area contributed by atoms with Crippen LogP contribution in [0.3, 0.4) is 0 Å². The van der Waals surface area contributed by atoms with Gasteiger partial charge in [-0.25, -0.2) is 0 Å². The van der Waals surface area contributed by atoms with Crippen molar-refractivity contribution >= 4 is 5.97 Å². The number of hydrogen-bond donors (Lipinski definition) is 1. The van der Waals surface area contributed by atoms with Crippen molar-refractivity contribution in [3.05, 3.63) is 71.8 Å². The molecule has 0 spiro atoms. The summed E-state index contributed by atoms with van der Waals surface area (Å²) in [6.07, 6.45) is 9.54. The largest absolute Gasteiger partial charge is 0.492 e. The average molecular weight is 405 g/mol. The fourth-order valence-electron chi connectivity index (χ4n) is 3.85. The third kappa shape index (κ3) is 4.92. The van der Waals surface area contributed by atoms with Crippen LogP contribution < -0.4 is 9.47 Å². The predicted molar refractivity (Wildman–Crippen MR) is 117 cm³/mol. The van der Waals surface area contributed by atoms with Crippen LogP contribution in [0.2, 0.25) is 0 Å². The van der Waals surface area contributed by atoms with Gasteiger partial charge in [-0.1, -0.05) is 42.5 Å². The van der Waals surface area contributed by atoms with Gasteiger partial charge in [-0.3, -0.25) is 9.69 Å². The van der Waals surface area contributed by atoms with Gasteiger partial charge in [0.2, 0.25) is 0 Å². The highest BCUT2D eigenvalue weighted by molar-refractivity contribution is 5.69. The standard InChI is InChI=1S/C25H27NO4/c1-26(15-25(27)28)22-13-21-8-7-20(14-24(21)30-17-22)19-9-11-23(12-10-19)29-16-18-5-3-2-4-6-18/h3,5-12,14,22H,2,4,13,15-17H2,1H3,(H,27,28). The third-order valence-electron chi connectivity index (χ3n) is 5.63. The van der Waals surface area contributed by atoms with E-state index in [0.29, 0.717) is 13.2 Å². The first-order valence-electron chi connectivity index (χ1n) is 10.3. The molecule has 2 aromatic carbocycles. The zero-order valence-electron chi connectivity index (χ0n) is 17.2. The van der Waals surface area contributed by atoms with Crippen molar-refractivity contribution in [2.45, 2.75) is 25.3 Å². The number of hydrogen-bond acceptors (Lipinski definition) is 4. The highest BCUT2D eigenvalue weighted by Crippen LogP contribution is 2.32. The Hall–Kier alpha value is -3.05. The number of likely N-dealkylation sites (N-methyl/N-ethyl adjacent to an activating group) is 1. The number of ether oxygens (including phenoxy) is 2. The molecule has 2 aromatic rings. The minimum atomic E-state index is -0.821. The fourth-order valence-corrected chi connectivity index (χ4v) is 3.85. The Balaban J connectivity index is 1.40. The second-order valence-electron chi connectivity index (χ2n) is 7.87. The lowest BCUT2D eigenvalue weighted by molar-refractivity contribution is -0.138. The first kappa shape index (κ1) is 20.2. The van der Waals surface area contributed by atoms with E-state index in [1.165, 1.54) is 5.57 Å². The number of carboxylic acids is 1. The maximum atomic E-state index is 10.9. The van der Waals surface area contributed by atoms with Crippen molar-refractivity contribution in [3.63, 3.8) is 0 Å². The Morgan fingerprint density at radius 1 is 1.17 bits per heavy atom. The van der Waals surface area contributed by atoms with E-state index in [2.05, 4.69) is 48.6 Å². The number of carboxylic acid groups (broad SMARTS) is 1. The minimum absolute atomic E-state index is 0.0173. The van der Waals surface area contributed by atoms with Gasteiger partial charge in [0, 0.05) is 6.04 Å². The van der Waals surface area contributed by atoms with Crippen molar-refractivity contribution in [1.82, 2.24) is 4.90 Å². The zero-order valence-corrected chi connectivity index (χ0v) is 17.2. The second kappa shape index (κ2) is 9.18. The van der Waals surface area contributed by atoms with E-state index < -0.39 is 5.97 Å². The number of carbonyl (C=O) groups is 1. The highest BCUT2D eigenvalue weighted by Gasteiger charge is 2.24. The van der Waals surface area contributed by atoms with Crippen LogP contribution >= 0.6 is 0 Å². The van der Waals surface area contributed by atoms with Crippen LogP contribution in [0.25, 0.3) is 11.1 Å². The molecule has 4 rings (SSSR count). The molecule has 5 nitrogen and oxygen atoms in total. The molecule has 1 atom stereocenters. The monoisotopic (exact) mass is 405 g/mol. The number of benzene rings is 2. The van der Waals surface area contributed by atoms with E-state index in [0.717, 1.165) is 47.5 Å². The Bertz CT molecular complexity index is 962. The molecule has 0 saturated carbocycles. The van der Waals surface area contributed by atoms with Crippen molar-refractivity contribution in [1.29, 1.82) is 0 Å². The van der Waals surface area contributed by atoms with Gasteiger partial charge in [-0.05, 0) is 66.8 Å². The molecule has 2 aliphatic rings. The van der Waals surface area contributed by atoms with Crippen LogP contribution in [-0.2, 0) is 11.2 Å². The summed E-state index contributed by atoms with van der Waals surface area (Å²) in [4.78, 5) is 12.8. The van der Waals surface area contributed by atoms with Crippen molar-refractivity contribution in [2.24, 2.45) is 0 Å². The summed E-state index contributed by atoms with van der Waals surface area (Å²) in [5.74, 6) is 0.916. The summed E-state index contributed by atoms with van der Waals surface area (Å²) in [5, 5.41) is 8.99. The highest BCUT2D eigenvalue weighted by atomic mass is 16.5. The number of aliphatic carboxylic acids is 1. The number of fused-ring (bicyclic) bond motifs is 1. The molecule has 0 saturated heterocycles. The fraction of sp³-hybridized carbons (Fsp3) is 0.320. The van der Waals surface area contributed by atoms with Crippen molar-refractivity contribution in [3.8, 4) is 22.6 Å². The van der Waals surface area contributed by atoms with E-state index in [9.17, 15) is 4.79 Å². The quantitative estimate of drug-likeness (QED) is 0.743. The van der Waals surface area contributed by atoms with E-state index >= 15 is 0 Å². The summed E-state index contributed by atoms with van der Waals surface area (Å²) in [6.45, 7) is 1.11. The normalized spacial score (nSPS) is 17.8. The van der Waals surface area contributed by atoms with Gasteiger partial charge in [0.15, 0.2) is 0 Å². The molecule has 0 radical (unpaired) electrons. The summed E-state index contributed by atoms with van der Waals surface area (Å²) in [7, 11) is 1.83. The van der Waals surface area contributed by atoms with Crippen LogP contribution in [0, 0.1) is 0 Å². The summed E-state index contributed by atoms with van der Waals surface area (Å²) >= 11 is 0. The first-order chi connectivity index (χ1) is 14.6. The maximum Gasteiger partial charge on any atom is 0.317 e. The van der Waals surface area contributed by atoms with Gasteiger partial charge >= 0.3 is 5.97 Å². The van der Waals surface area contributed by atoms with Crippen LogP contribution in [0.5, 0.6) is 11.5 Å². The molecule has 1 unspecified atom stereocenters. The molecule has 1 aliphatic carbocycles. The van der Waals surface area contributed by atoms with Gasteiger partial charge in [-0.2, -0.15) is 0 Å². The van der Waals surface area contributed by atoms with Crippen molar-refractivity contribution in [2.75, 3.05) is 26.8 Å². The first-order valence-corrected chi connectivity index (χ1v) is 10.3. The van der Waals surface area contributed by atoms with E-state index in [-0.39, 0.29) is 12.6 Å². The average Bonchev–Trinajstić information content (AvgIpc) is 2.77. The summed E-state index contributed by atoms with van der Waals surface area (Å²) in [5.41, 5.74) is 4.54. The lowest BCUT2D eigenvalue weighted by Crippen LogP contribution is -2.43. The van der Waals surface area contributed by atoms with Crippen LogP contribution in [0.4, 0.5) is 0 Å². The second-order valence-corrected chi connectivity index (χ2v) is 7.87. The van der Waals surface area contributed by atoms with Crippen molar-refractivity contribution < 1.29 is 19.4 Å². The third-order valence-corrected chi connectivity index (χ3v) is 5.63. The lowest BCUT2D eigenvalue weighted by Gasteiger charge is -2.31. The van der Waals surface area contributed by atoms with E-state index in [1.54, 1.807) is 0 Å². The van der Waals surface area contributed by atoms with Gasteiger partial charge in [-0.15, -0.1) is 0 Å². The van der Waals surface area contributed by atoms with Crippen LogP contribution in [0.1, 0.15) is 18.4 Å². The van der Waals surface area contributed by atoms with Gasteiger partial charge in [0.25, 0.3) is 0 Å². The molecule has 1 aliphatic heterocycles. The van der Waals surface area contributed by atoms with Gasteiger partial charge < -0.3 is 14.6 Å². The predicted octanol–water partition coefficient (Wildman–Crippen LogP) is 4.33. The number of nitrogens with zero attached hydrogens (tertiary/aromatic N) is 1. The Labute approximate surface area is 177 Å².